The van der Waals surface area contributed by atoms with Gasteiger partial charge < -0.3 is 39.4 Å². The number of nitrogens with one attached hydrogen (secondary N) is 2. The molecule has 1 amide bonds. The normalized spacial score (nSPS) is 17.9. The van der Waals surface area contributed by atoms with Crippen LogP contribution in [0.25, 0.3) is 17.2 Å². The Balaban J connectivity index is 2.06. The van der Waals surface area contributed by atoms with Crippen molar-refractivity contribution in [1.82, 2.24) is 10.2 Å². The van der Waals surface area contributed by atoms with Crippen LogP contribution in [0.4, 0.5) is 10.1 Å². The van der Waals surface area contributed by atoms with Crippen molar-refractivity contribution >= 4 is 17.7 Å². The van der Waals surface area contributed by atoms with Gasteiger partial charge >= 0.3 is 0 Å². The summed E-state index contributed by atoms with van der Waals surface area (Å²) in [5.74, 6) is 0.190. The number of aliphatic hydroxyl groups excluding tert-OH is 2. The minimum atomic E-state index is -1.65. The summed E-state index contributed by atoms with van der Waals surface area (Å²) in [4.78, 5) is 14.4. The van der Waals surface area contributed by atoms with E-state index in [0.717, 1.165) is 11.1 Å². The van der Waals surface area contributed by atoms with Gasteiger partial charge in [-0.05, 0) is 35.7 Å². The van der Waals surface area contributed by atoms with E-state index in [0.29, 0.717) is 45.4 Å². The molecule has 3 unspecified atom stereocenters. The summed E-state index contributed by atoms with van der Waals surface area (Å²) in [6, 6.07) is 5.97. The summed E-state index contributed by atoms with van der Waals surface area (Å²) < 4.78 is 36.1. The number of methoxy groups -OCH3 is 4. The Morgan fingerprint density at radius 3 is 2.38 bits per heavy atom. The second kappa shape index (κ2) is 12.0. The third kappa shape index (κ3) is 5.48. The monoisotopic (exact) mass is 517 g/mol. The summed E-state index contributed by atoms with van der Waals surface area (Å²) in [6.07, 6.45) is -0.326. The Kier molecular flexibility index (Phi) is 8.98. The lowest BCUT2D eigenvalue weighted by atomic mass is 9.96. The highest BCUT2D eigenvalue weighted by Gasteiger charge is 2.34. The van der Waals surface area contributed by atoms with Gasteiger partial charge in [-0.25, -0.2) is 9.71 Å². The van der Waals surface area contributed by atoms with Crippen LogP contribution < -0.4 is 29.6 Å². The molecule has 37 heavy (non-hydrogen) atoms. The van der Waals surface area contributed by atoms with Gasteiger partial charge in [0.25, 0.3) is 0 Å². The molecule has 2 aromatic carbocycles. The van der Waals surface area contributed by atoms with Gasteiger partial charge in [-0.3, -0.25) is 4.79 Å². The standard InChI is InChI=1S/C26H32FN3O7/c1-7-14-12-20(35-4)22(36-5)23(37-6)21(14)15-9-10-19(34-3)17(11-15)28-25(32)18(8-2)30-13-16(27)24(31)29-26(30)33/h7,9-13,18,24,26,29,31,33H,1,8H2,2-6H3,(H,28,32). The number of nitrogens with zero attached hydrogens (tertiary/aromatic N) is 1. The van der Waals surface area contributed by atoms with Crippen molar-refractivity contribution in [3.8, 4) is 34.1 Å². The molecule has 0 spiro atoms. The molecule has 0 aliphatic carbocycles. The summed E-state index contributed by atoms with van der Waals surface area (Å²) in [5, 5.41) is 24.9. The number of ether oxygens (including phenoxy) is 4. The average molecular weight is 518 g/mol. The van der Waals surface area contributed by atoms with E-state index < -0.39 is 30.4 Å². The number of rotatable bonds is 10. The van der Waals surface area contributed by atoms with Gasteiger partial charge in [0.05, 0.1) is 34.1 Å². The molecule has 0 radical (unpaired) electrons. The number of hydrogen-bond donors (Lipinski definition) is 4. The maximum atomic E-state index is 14.0. The Bertz CT molecular complexity index is 1190. The molecule has 200 valence electrons. The molecule has 0 fully saturated rings. The Morgan fingerprint density at radius 1 is 1.14 bits per heavy atom. The zero-order chi connectivity index (χ0) is 27.3. The van der Waals surface area contributed by atoms with E-state index in [2.05, 4.69) is 17.2 Å². The van der Waals surface area contributed by atoms with Crippen molar-refractivity contribution in [3.05, 3.63) is 48.4 Å². The summed E-state index contributed by atoms with van der Waals surface area (Å²) in [7, 11) is 5.99. The molecular weight excluding hydrogens is 485 g/mol. The zero-order valence-electron chi connectivity index (χ0n) is 21.4. The number of anilines is 1. The molecule has 3 atom stereocenters. The average Bonchev–Trinajstić information content (AvgIpc) is 2.90. The molecule has 11 heteroatoms. The molecule has 1 aliphatic rings. The second-order valence-corrected chi connectivity index (χ2v) is 8.05. The van der Waals surface area contributed by atoms with Gasteiger partial charge in [0.2, 0.25) is 11.7 Å². The molecule has 4 N–H and O–H groups in total. The van der Waals surface area contributed by atoms with Gasteiger partial charge in [0.1, 0.15) is 11.8 Å². The number of benzene rings is 2. The predicted molar refractivity (Wildman–Crippen MR) is 137 cm³/mol. The highest BCUT2D eigenvalue weighted by Crippen LogP contribution is 2.48. The fraction of sp³-hybridized carbons (Fsp3) is 0.346. The van der Waals surface area contributed by atoms with Crippen LogP contribution in [0.1, 0.15) is 18.9 Å². The van der Waals surface area contributed by atoms with Gasteiger partial charge in [-0.2, -0.15) is 0 Å². The number of carbonyl (C=O) groups is 1. The first-order chi connectivity index (χ1) is 17.7. The fourth-order valence-corrected chi connectivity index (χ4v) is 4.19. The maximum absolute atomic E-state index is 14.0. The van der Waals surface area contributed by atoms with Crippen LogP contribution in [-0.4, -0.2) is 68.1 Å². The van der Waals surface area contributed by atoms with Crippen molar-refractivity contribution in [2.45, 2.75) is 32.0 Å². The van der Waals surface area contributed by atoms with Crippen LogP contribution in [0, 0.1) is 0 Å². The van der Waals surface area contributed by atoms with Crippen LogP contribution in [-0.2, 0) is 4.79 Å². The molecule has 3 rings (SSSR count). The third-order valence-electron chi connectivity index (χ3n) is 6.00. The topological polar surface area (TPSA) is 122 Å². The van der Waals surface area contributed by atoms with Gasteiger partial charge in [-0.1, -0.05) is 25.6 Å². The Morgan fingerprint density at radius 2 is 1.81 bits per heavy atom. The van der Waals surface area contributed by atoms with Crippen LogP contribution in [0.5, 0.6) is 23.0 Å². The first-order valence-electron chi connectivity index (χ1n) is 11.5. The molecule has 1 aliphatic heterocycles. The molecule has 1 heterocycles. The SMILES string of the molecule is C=Cc1cc(OC)c(OC)c(OC)c1-c1ccc(OC)c(NC(=O)C(CC)N2C=C(F)C(O)NC2O)c1. The third-order valence-corrected chi connectivity index (χ3v) is 6.00. The number of amides is 1. The van der Waals surface area contributed by atoms with Gasteiger partial charge in [0.15, 0.2) is 29.9 Å². The summed E-state index contributed by atoms with van der Waals surface area (Å²) in [6.45, 7) is 5.61. The molecule has 0 aromatic heterocycles. The van der Waals surface area contributed by atoms with Crippen molar-refractivity contribution in [3.63, 3.8) is 0 Å². The highest BCUT2D eigenvalue weighted by molar-refractivity contribution is 5.97. The second-order valence-electron chi connectivity index (χ2n) is 8.05. The minimum absolute atomic E-state index is 0.233. The highest BCUT2D eigenvalue weighted by atomic mass is 19.1. The first kappa shape index (κ1) is 27.8. The minimum Gasteiger partial charge on any atom is -0.495 e. The molecule has 0 bridgehead atoms. The number of carbonyl (C=O) groups excluding carboxylic acids is 1. The lowest BCUT2D eigenvalue weighted by molar-refractivity contribution is -0.128. The lowest BCUT2D eigenvalue weighted by Gasteiger charge is -2.37. The predicted octanol–water partition coefficient (Wildman–Crippen LogP) is 3.06. The maximum Gasteiger partial charge on any atom is 0.247 e. The largest absolute Gasteiger partial charge is 0.495 e. The number of aliphatic hydroxyl groups is 2. The fourth-order valence-electron chi connectivity index (χ4n) is 4.19. The summed E-state index contributed by atoms with van der Waals surface area (Å²) in [5.41, 5.74) is 2.34. The molecule has 0 saturated carbocycles. The van der Waals surface area contributed by atoms with Crippen LogP contribution in [0.3, 0.4) is 0 Å². The quantitative estimate of drug-likeness (QED) is 0.377. The smallest absolute Gasteiger partial charge is 0.247 e. The van der Waals surface area contributed by atoms with Crippen LogP contribution in [0.15, 0.2) is 42.9 Å². The molecule has 0 saturated heterocycles. The van der Waals surface area contributed by atoms with Crippen molar-refractivity contribution in [2.24, 2.45) is 0 Å². The van der Waals surface area contributed by atoms with Crippen LogP contribution >= 0.6 is 0 Å². The van der Waals surface area contributed by atoms with E-state index in [1.807, 2.05) is 0 Å². The Hall–Kier alpha value is -3.80. The van der Waals surface area contributed by atoms with Gasteiger partial charge in [-0.15, -0.1) is 0 Å². The van der Waals surface area contributed by atoms with E-state index in [-0.39, 0.29) is 6.42 Å². The molecule has 10 nitrogen and oxygen atoms in total. The summed E-state index contributed by atoms with van der Waals surface area (Å²) >= 11 is 0. The van der Waals surface area contributed by atoms with Crippen molar-refractivity contribution < 1.29 is 38.3 Å². The number of hydrogen-bond acceptors (Lipinski definition) is 9. The van der Waals surface area contributed by atoms with Gasteiger partial charge in [0, 0.05) is 11.8 Å². The first-order valence-corrected chi connectivity index (χ1v) is 11.5. The van der Waals surface area contributed by atoms with E-state index in [9.17, 15) is 19.4 Å². The van der Waals surface area contributed by atoms with Crippen molar-refractivity contribution in [1.29, 1.82) is 0 Å². The lowest BCUT2D eigenvalue weighted by Crippen LogP contribution is -2.57. The zero-order valence-corrected chi connectivity index (χ0v) is 21.4. The number of halogens is 1. The molecule has 2 aromatic rings. The molecular formula is C26H32FN3O7. The van der Waals surface area contributed by atoms with E-state index in [4.69, 9.17) is 18.9 Å². The Labute approximate surface area is 214 Å². The van der Waals surface area contributed by atoms with E-state index in [1.165, 1.54) is 28.4 Å². The van der Waals surface area contributed by atoms with E-state index >= 15 is 0 Å². The van der Waals surface area contributed by atoms with Crippen molar-refractivity contribution in [2.75, 3.05) is 33.8 Å². The van der Waals surface area contributed by atoms with E-state index in [1.54, 1.807) is 37.3 Å². The van der Waals surface area contributed by atoms with Crippen LogP contribution in [0.2, 0.25) is 0 Å².